The molecule has 2 aromatic carbocycles. The molecule has 0 radical (unpaired) electrons. The van der Waals surface area contributed by atoms with E-state index in [1.165, 1.54) is 6.92 Å². The Kier molecular flexibility index (Phi) is 8.45. The van der Waals surface area contributed by atoms with Crippen LogP contribution in [0.2, 0.25) is 0 Å². The van der Waals surface area contributed by atoms with Gasteiger partial charge in [0.05, 0.1) is 17.9 Å². The highest BCUT2D eigenvalue weighted by Gasteiger charge is 2.31. The quantitative estimate of drug-likeness (QED) is 0.108. The number of hydrogen-bond acceptors (Lipinski definition) is 7. The number of ether oxygens (including phenoxy) is 2. The molecule has 1 N–H and O–H groups in total. The summed E-state index contributed by atoms with van der Waals surface area (Å²) in [5, 5.41) is 18.0. The minimum atomic E-state index is -4.85. The maximum absolute atomic E-state index is 14.5. The van der Waals surface area contributed by atoms with Crippen LogP contribution >= 0.6 is 27.7 Å². The molecule has 0 aliphatic carbocycles. The van der Waals surface area contributed by atoms with Crippen molar-refractivity contribution in [2.45, 2.75) is 18.2 Å². The van der Waals surface area contributed by atoms with Crippen LogP contribution < -0.4 is 4.74 Å². The number of rotatable bonds is 7. The van der Waals surface area contributed by atoms with Crippen molar-refractivity contribution in [2.75, 3.05) is 12.9 Å². The molecule has 0 unspecified atom stereocenters. The van der Waals surface area contributed by atoms with Gasteiger partial charge in [-0.15, -0.1) is 30.0 Å². The first kappa shape index (κ1) is 24.7. The fraction of sp³-hybridized carbons (Fsp3) is 0.211. The molecular formula is C19H15BrF4N2O4S. The van der Waals surface area contributed by atoms with E-state index in [4.69, 9.17) is 4.74 Å². The molecule has 0 spiro atoms. The number of esters is 1. The van der Waals surface area contributed by atoms with Crippen molar-refractivity contribution in [3.8, 4) is 5.75 Å². The molecule has 31 heavy (non-hydrogen) atoms. The highest BCUT2D eigenvalue weighted by molar-refractivity contribution is 9.10. The Bertz CT molecular complexity index is 1010. The predicted molar refractivity (Wildman–Crippen MR) is 110 cm³/mol. The molecule has 2 rings (SSSR count). The molecule has 6 nitrogen and oxygen atoms in total. The molecule has 0 aliphatic rings. The Morgan fingerprint density at radius 3 is 2.42 bits per heavy atom. The first-order valence-electron chi connectivity index (χ1n) is 8.47. The van der Waals surface area contributed by atoms with Crippen LogP contribution in [0.15, 0.2) is 61.7 Å². The normalized spacial score (nSPS) is 12.6. The van der Waals surface area contributed by atoms with Crippen molar-refractivity contribution in [3.05, 3.63) is 57.9 Å². The van der Waals surface area contributed by atoms with Crippen LogP contribution in [0.4, 0.5) is 23.2 Å². The van der Waals surface area contributed by atoms with Gasteiger partial charge in [0.1, 0.15) is 11.6 Å². The van der Waals surface area contributed by atoms with Crippen LogP contribution in [0, 0.1) is 5.82 Å². The van der Waals surface area contributed by atoms with Crippen molar-refractivity contribution < 1.29 is 36.9 Å². The van der Waals surface area contributed by atoms with Crippen LogP contribution in [-0.2, 0) is 9.53 Å². The predicted octanol–water partition coefficient (Wildman–Crippen LogP) is 6.78. The van der Waals surface area contributed by atoms with Crippen molar-refractivity contribution in [1.82, 2.24) is 0 Å². The minimum absolute atomic E-state index is 0.0468. The minimum Gasteiger partial charge on any atom is -0.505 e. The maximum atomic E-state index is 14.5. The smallest absolute Gasteiger partial charge is 0.505 e. The summed E-state index contributed by atoms with van der Waals surface area (Å²) in [5.41, 5.74) is -0.897. The lowest BCUT2D eigenvalue weighted by atomic mass is 10.1. The molecule has 0 heterocycles. The van der Waals surface area contributed by atoms with E-state index in [1.54, 1.807) is 12.3 Å². The van der Waals surface area contributed by atoms with Crippen molar-refractivity contribution >= 4 is 45.1 Å². The topological polar surface area (TPSA) is 80.5 Å². The largest absolute Gasteiger partial charge is 0.573 e. The van der Waals surface area contributed by atoms with Gasteiger partial charge in [0.15, 0.2) is 5.76 Å². The number of aliphatic hydroxyl groups is 1. The summed E-state index contributed by atoms with van der Waals surface area (Å²) >= 11 is 4.27. The zero-order chi connectivity index (χ0) is 23.2. The molecule has 0 fully saturated rings. The Labute approximate surface area is 187 Å². The second-order valence-electron chi connectivity index (χ2n) is 5.62. The van der Waals surface area contributed by atoms with Gasteiger partial charge in [-0.3, -0.25) is 0 Å². The third-order valence-electron chi connectivity index (χ3n) is 3.50. The fourth-order valence-corrected chi connectivity index (χ4v) is 3.49. The molecule has 0 bridgehead atoms. The number of azo groups is 1. The summed E-state index contributed by atoms with van der Waals surface area (Å²) in [6, 6.07) is 6.93. The number of aliphatic hydroxyl groups excluding tert-OH is 1. The summed E-state index contributed by atoms with van der Waals surface area (Å²) in [7, 11) is 0. The fourth-order valence-electron chi connectivity index (χ4n) is 2.27. The van der Waals surface area contributed by atoms with E-state index in [2.05, 4.69) is 30.9 Å². The number of carbonyl (C=O) groups is 1. The molecule has 0 aliphatic heterocycles. The molecule has 0 saturated heterocycles. The Hall–Kier alpha value is -2.60. The van der Waals surface area contributed by atoms with Gasteiger partial charge >= 0.3 is 12.3 Å². The summed E-state index contributed by atoms with van der Waals surface area (Å²) in [5.74, 6) is -3.15. The monoisotopic (exact) mass is 522 g/mol. The number of nitrogens with zero attached hydrogens (tertiary/aromatic N) is 2. The number of benzene rings is 2. The molecule has 166 valence electrons. The Balaban J connectivity index is 2.47. The highest BCUT2D eigenvalue weighted by Crippen LogP contribution is 2.34. The molecule has 2 aromatic rings. The summed E-state index contributed by atoms with van der Waals surface area (Å²) in [6.45, 7) is 1.48. The SMILES string of the molecule is CCOC(=O)C(N=Nc1ccc(OC(F)(F)F)cc1)=C(O)c1c(F)cc(Br)cc1SC. The third-order valence-corrected chi connectivity index (χ3v) is 4.72. The van der Waals surface area contributed by atoms with Gasteiger partial charge in [-0.2, -0.15) is 5.11 Å². The molecule has 0 saturated carbocycles. The van der Waals surface area contributed by atoms with Crippen LogP contribution in [-0.4, -0.2) is 30.3 Å². The second-order valence-corrected chi connectivity index (χ2v) is 7.39. The van der Waals surface area contributed by atoms with E-state index in [1.807, 2.05) is 0 Å². The first-order valence-corrected chi connectivity index (χ1v) is 10.5. The van der Waals surface area contributed by atoms with Gasteiger partial charge in [0.2, 0.25) is 5.70 Å². The van der Waals surface area contributed by atoms with Gasteiger partial charge in [0, 0.05) is 9.37 Å². The zero-order valence-electron chi connectivity index (χ0n) is 16.0. The number of hydrogen-bond donors (Lipinski definition) is 1. The maximum Gasteiger partial charge on any atom is 0.573 e. The highest BCUT2D eigenvalue weighted by atomic mass is 79.9. The Morgan fingerprint density at radius 2 is 1.87 bits per heavy atom. The standard InChI is InChI=1S/C19H15BrF4N2O4S/c1-3-29-18(28)16(17(27)15-13(21)8-10(20)9-14(15)31-2)26-25-11-4-6-12(7-5-11)30-19(22,23)24/h4-9,27H,3H2,1-2H3. The summed E-state index contributed by atoms with van der Waals surface area (Å²) in [6.07, 6.45) is -3.20. The van der Waals surface area contributed by atoms with E-state index >= 15 is 0 Å². The van der Waals surface area contributed by atoms with Gasteiger partial charge in [0.25, 0.3) is 0 Å². The van der Waals surface area contributed by atoms with Gasteiger partial charge in [-0.05, 0) is 49.6 Å². The van der Waals surface area contributed by atoms with Crippen molar-refractivity contribution in [3.63, 3.8) is 0 Å². The van der Waals surface area contributed by atoms with Crippen LogP contribution in [0.5, 0.6) is 5.75 Å². The second kappa shape index (κ2) is 10.6. The van der Waals surface area contributed by atoms with E-state index in [0.29, 0.717) is 9.37 Å². The van der Waals surface area contributed by atoms with E-state index in [9.17, 15) is 27.5 Å². The number of thioether (sulfide) groups is 1. The first-order chi connectivity index (χ1) is 14.6. The van der Waals surface area contributed by atoms with E-state index < -0.39 is 35.4 Å². The lowest BCUT2D eigenvalue weighted by Crippen LogP contribution is -2.16. The molecule has 0 amide bonds. The zero-order valence-corrected chi connectivity index (χ0v) is 18.4. The molecular weight excluding hydrogens is 508 g/mol. The number of halogens is 5. The van der Waals surface area contributed by atoms with Crippen molar-refractivity contribution in [1.29, 1.82) is 0 Å². The van der Waals surface area contributed by atoms with E-state index in [-0.39, 0.29) is 17.9 Å². The third kappa shape index (κ3) is 6.96. The summed E-state index contributed by atoms with van der Waals surface area (Å²) in [4.78, 5) is 12.6. The average molecular weight is 523 g/mol. The van der Waals surface area contributed by atoms with Crippen LogP contribution in [0.25, 0.3) is 5.76 Å². The van der Waals surface area contributed by atoms with Gasteiger partial charge in [-0.25, -0.2) is 9.18 Å². The molecule has 0 atom stereocenters. The molecule has 12 heteroatoms. The Morgan fingerprint density at radius 1 is 1.23 bits per heavy atom. The lowest BCUT2D eigenvalue weighted by Gasteiger charge is -2.11. The lowest BCUT2D eigenvalue weighted by molar-refractivity contribution is -0.274. The van der Waals surface area contributed by atoms with Crippen LogP contribution in [0.3, 0.4) is 0 Å². The van der Waals surface area contributed by atoms with Gasteiger partial charge in [-0.1, -0.05) is 15.9 Å². The number of alkyl halides is 3. The average Bonchev–Trinajstić information content (AvgIpc) is 2.67. The van der Waals surface area contributed by atoms with E-state index in [0.717, 1.165) is 42.1 Å². The molecule has 0 aromatic heterocycles. The van der Waals surface area contributed by atoms with Gasteiger partial charge < -0.3 is 14.6 Å². The van der Waals surface area contributed by atoms with Crippen LogP contribution in [0.1, 0.15) is 12.5 Å². The summed E-state index contributed by atoms with van der Waals surface area (Å²) < 4.78 is 60.3. The number of carbonyl (C=O) groups excluding carboxylic acids is 1. The van der Waals surface area contributed by atoms with Crippen molar-refractivity contribution in [2.24, 2.45) is 10.2 Å².